The normalized spacial score (nSPS) is 34.2. The van der Waals surface area contributed by atoms with Crippen LogP contribution in [-0.2, 0) is 0 Å². The largest absolute Gasteiger partial charge is 0.0651 e. The molecule has 90 valence electrons. The first kappa shape index (κ1) is 13.1. The van der Waals surface area contributed by atoms with E-state index in [0.717, 1.165) is 35.5 Å². The van der Waals surface area contributed by atoms with Crippen LogP contribution in [0.3, 0.4) is 0 Å². The lowest BCUT2D eigenvalue weighted by molar-refractivity contribution is 0.356. The zero-order valence-electron chi connectivity index (χ0n) is 11.6. The molecule has 0 nitrogen and oxygen atoms in total. The highest BCUT2D eigenvalue weighted by molar-refractivity contribution is 4.96. The Morgan fingerprint density at radius 2 is 1.60 bits per heavy atom. The third-order valence-electron chi connectivity index (χ3n) is 4.58. The number of hydrogen-bond donors (Lipinski definition) is 0. The van der Waals surface area contributed by atoms with Gasteiger partial charge in [-0.2, -0.15) is 0 Å². The van der Waals surface area contributed by atoms with Crippen molar-refractivity contribution in [2.75, 3.05) is 0 Å². The molecule has 0 aromatic rings. The van der Waals surface area contributed by atoms with E-state index in [2.05, 4.69) is 41.5 Å². The minimum atomic E-state index is 0.904. The van der Waals surface area contributed by atoms with Crippen LogP contribution in [0.4, 0.5) is 0 Å². The molecular formula is C15H30. The van der Waals surface area contributed by atoms with Gasteiger partial charge in [-0.1, -0.05) is 48.0 Å². The van der Waals surface area contributed by atoms with Gasteiger partial charge in [-0.25, -0.2) is 0 Å². The molecule has 15 heavy (non-hydrogen) atoms. The van der Waals surface area contributed by atoms with E-state index in [4.69, 9.17) is 0 Å². The first-order valence-electron chi connectivity index (χ1n) is 6.97. The van der Waals surface area contributed by atoms with E-state index in [1.165, 1.54) is 19.3 Å². The molecule has 0 N–H and O–H groups in total. The van der Waals surface area contributed by atoms with Crippen LogP contribution < -0.4 is 0 Å². The van der Waals surface area contributed by atoms with Gasteiger partial charge in [0.25, 0.3) is 0 Å². The molecule has 0 heterocycles. The third kappa shape index (κ3) is 3.50. The van der Waals surface area contributed by atoms with E-state index in [1.807, 2.05) is 0 Å². The highest BCUT2D eigenvalue weighted by atomic mass is 14.5. The van der Waals surface area contributed by atoms with Crippen LogP contribution in [-0.4, -0.2) is 0 Å². The van der Waals surface area contributed by atoms with Gasteiger partial charge >= 0.3 is 0 Å². The molecule has 1 aliphatic rings. The second-order valence-corrected chi connectivity index (χ2v) is 6.43. The summed E-state index contributed by atoms with van der Waals surface area (Å²) < 4.78 is 0. The van der Waals surface area contributed by atoms with Crippen molar-refractivity contribution in [1.29, 1.82) is 0 Å². The van der Waals surface area contributed by atoms with E-state index in [0.29, 0.717) is 0 Å². The second kappa shape index (κ2) is 5.37. The smallest absolute Gasteiger partial charge is 0.0331 e. The van der Waals surface area contributed by atoms with Crippen LogP contribution >= 0.6 is 0 Å². The minimum Gasteiger partial charge on any atom is -0.0651 e. The van der Waals surface area contributed by atoms with Crippen LogP contribution in [0.15, 0.2) is 0 Å². The van der Waals surface area contributed by atoms with Crippen LogP contribution in [0.1, 0.15) is 60.8 Å². The summed E-state index contributed by atoms with van der Waals surface area (Å²) in [5.74, 6) is 5.85. The van der Waals surface area contributed by atoms with Gasteiger partial charge in [0.15, 0.2) is 0 Å². The summed E-state index contributed by atoms with van der Waals surface area (Å²) in [6, 6.07) is 0. The SMILES string of the molecule is CCC(C)CC(C)CC1C(C)C1C(C)C. The van der Waals surface area contributed by atoms with Crippen molar-refractivity contribution >= 4 is 0 Å². The van der Waals surface area contributed by atoms with Crippen molar-refractivity contribution in [3.63, 3.8) is 0 Å². The molecule has 0 spiro atoms. The molecule has 0 saturated heterocycles. The van der Waals surface area contributed by atoms with E-state index < -0.39 is 0 Å². The topological polar surface area (TPSA) is 0 Å². The molecule has 0 radical (unpaired) electrons. The van der Waals surface area contributed by atoms with Crippen molar-refractivity contribution in [3.05, 3.63) is 0 Å². The molecule has 0 bridgehead atoms. The van der Waals surface area contributed by atoms with Gasteiger partial charge in [-0.3, -0.25) is 0 Å². The minimum absolute atomic E-state index is 0.904. The van der Waals surface area contributed by atoms with Crippen molar-refractivity contribution in [2.24, 2.45) is 35.5 Å². The maximum atomic E-state index is 2.45. The predicted octanol–water partition coefficient (Wildman–Crippen LogP) is 4.99. The fourth-order valence-corrected chi connectivity index (χ4v) is 3.47. The van der Waals surface area contributed by atoms with Crippen LogP contribution in [0.5, 0.6) is 0 Å². The molecule has 0 amide bonds. The molecule has 1 saturated carbocycles. The lowest BCUT2D eigenvalue weighted by atomic mass is 9.90. The highest BCUT2D eigenvalue weighted by Crippen LogP contribution is 2.54. The number of rotatable bonds is 6. The summed E-state index contributed by atoms with van der Waals surface area (Å²) in [7, 11) is 0. The summed E-state index contributed by atoms with van der Waals surface area (Å²) in [6.07, 6.45) is 4.26. The van der Waals surface area contributed by atoms with Gasteiger partial charge < -0.3 is 0 Å². The first-order valence-corrected chi connectivity index (χ1v) is 6.97. The summed E-state index contributed by atoms with van der Waals surface area (Å²) in [4.78, 5) is 0. The van der Waals surface area contributed by atoms with Crippen LogP contribution in [0, 0.1) is 35.5 Å². The zero-order valence-corrected chi connectivity index (χ0v) is 11.6. The molecular weight excluding hydrogens is 180 g/mol. The Labute approximate surface area is 96.8 Å². The van der Waals surface area contributed by atoms with Crippen LogP contribution in [0.25, 0.3) is 0 Å². The first-order chi connectivity index (χ1) is 6.97. The van der Waals surface area contributed by atoms with Crippen molar-refractivity contribution in [3.8, 4) is 0 Å². The molecule has 0 aromatic heterocycles. The lowest BCUT2D eigenvalue weighted by Crippen LogP contribution is -2.04. The van der Waals surface area contributed by atoms with E-state index >= 15 is 0 Å². The quantitative estimate of drug-likeness (QED) is 0.579. The maximum absolute atomic E-state index is 2.45. The van der Waals surface area contributed by atoms with E-state index in [1.54, 1.807) is 0 Å². The van der Waals surface area contributed by atoms with Gasteiger partial charge in [0.2, 0.25) is 0 Å². The van der Waals surface area contributed by atoms with Gasteiger partial charge in [-0.15, -0.1) is 0 Å². The van der Waals surface area contributed by atoms with Crippen molar-refractivity contribution in [1.82, 2.24) is 0 Å². The average molecular weight is 210 g/mol. The van der Waals surface area contributed by atoms with Gasteiger partial charge in [0.1, 0.15) is 0 Å². The van der Waals surface area contributed by atoms with Crippen molar-refractivity contribution in [2.45, 2.75) is 60.8 Å². The molecule has 1 fully saturated rings. The zero-order chi connectivity index (χ0) is 11.6. The standard InChI is InChI=1S/C15H30/c1-7-11(4)8-12(5)9-14-13(6)15(14)10(2)3/h10-15H,7-9H2,1-6H3. The lowest BCUT2D eigenvalue weighted by Gasteiger charge is -2.16. The van der Waals surface area contributed by atoms with E-state index in [-0.39, 0.29) is 0 Å². The molecule has 0 aliphatic heterocycles. The Kier molecular flexibility index (Phi) is 4.67. The van der Waals surface area contributed by atoms with Gasteiger partial charge in [-0.05, 0) is 48.3 Å². The molecule has 1 rings (SSSR count). The fraction of sp³-hybridized carbons (Fsp3) is 1.00. The Morgan fingerprint density at radius 1 is 1.00 bits per heavy atom. The number of hydrogen-bond acceptors (Lipinski definition) is 0. The predicted molar refractivity (Wildman–Crippen MR) is 68.8 cm³/mol. The Morgan fingerprint density at radius 3 is 2.00 bits per heavy atom. The molecule has 5 atom stereocenters. The molecule has 0 aromatic carbocycles. The summed E-state index contributed by atoms with van der Waals surface area (Å²) >= 11 is 0. The average Bonchev–Trinajstić information content (AvgIpc) is 2.76. The van der Waals surface area contributed by atoms with E-state index in [9.17, 15) is 0 Å². The van der Waals surface area contributed by atoms with Gasteiger partial charge in [0, 0.05) is 0 Å². The summed E-state index contributed by atoms with van der Waals surface area (Å²) in [5.41, 5.74) is 0. The third-order valence-corrected chi connectivity index (χ3v) is 4.58. The Hall–Kier alpha value is 0. The summed E-state index contributed by atoms with van der Waals surface area (Å²) in [6.45, 7) is 14.4. The maximum Gasteiger partial charge on any atom is -0.0331 e. The second-order valence-electron chi connectivity index (χ2n) is 6.43. The fourth-order valence-electron chi connectivity index (χ4n) is 3.47. The monoisotopic (exact) mass is 210 g/mol. The van der Waals surface area contributed by atoms with Crippen LogP contribution in [0.2, 0.25) is 0 Å². The highest BCUT2D eigenvalue weighted by Gasteiger charge is 2.47. The van der Waals surface area contributed by atoms with Gasteiger partial charge in [0.05, 0.1) is 0 Å². The van der Waals surface area contributed by atoms with Crippen molar-refractivity contribution < 1.29 is 0 Å². The molecule has 1 aliphatic carbocycles. The Bertz CT molecular complexity index is 182. The molecule has 0 heteroatoms. The Balaban J connectivity index is 2.25. The summed E-state index contributed by atoms with van der Waals surface area (Å²) in [5, 5.41) is 0. The molecule has 5 unspecified atom stereocenters.